The quantitative estimate of drug-likeness (QED) is 0.202. The zero-order chi connectivity index (χ0) is 25.3. The minimum atomic E-state index is 0. The summed E-state index contributed by atoms with van der Waals surface area (Å²) in [6.07, 6.45) is 4.66. The molecular weight excluding hydrogens is 624 g/mol. The van der Waals surface area contributed by atoms with Crippen LogP contribution in [0, 0.1) is 0 Å². The molecular formula is C34H35Br2N4+. The summed E-state index contributed by atoms with van der Waals surface area (Å²) in [5.74, 6) is 0. The fourth-order valence-electron chi connectivity index (χ4n) is 6.19. The Morgan fingerprint density at radius 3 is 1.25 bits per heavy atom. The summed E-state index contributed by atoms with van der Waals surface area (Å²) in [5.41, 5.74) is 2.65. The Kier molecular flexibility index (Phi) is 9.11. The molecule has 3 heterocycles. The summed E-state index contributed by atoms with van der Waals surface area (Å²) < 4.78 is 4.90. The molecule has 0 spiro atoms. The van der Waals surface area contributed by atoms with Crippen molar-refractivity contribution in [2.24, 2.45) is 0 Å². The van der Waals surface area contributed by atoms with Gasteiger partial charge in [0.15, 0.2) is 25.5 Å². The van der Waals surface area contributed by atoms with E-state index in [1.165, 1.54) is 43.4 Å². The van der Waals surface area contributed by atoms with E-state index in [0.717, 1.165) is 52.4 Å². The van der Waals surface area contributed by atoms with Crippen molar-refractivity contribution >= 4 is 60.3 Å². The molecule has 40 heavy (non-hydrogen) atoms. The molecule has 204 valence electrons. The van der Waals surface area contributed by atoms with Gasteiger partial charge in [0.1, 0.15) is 0 Å². The fraction of sp³-hybridized carbons (Fsp3) is 0.235. The summed E-state index contributed by atoms with van der Waals surface area (Å²) in [7, 11) is 0. The standard InChI is InChI=1S/C34H34N4.2BrH/c1-3-11-29-27(9-1)25-37(33-15-7-5-13-31(29)33)23-21-35-17-19-36(20-18-35)22-24-38-26-28-10-2-4-12-30(28)32-14-6-8-16-34(32)38;;/h1-16,25-26H,17-24H2;2*1H/q+2;;/p-1. The lowest BCUT2D eigenvalue weighted by atomic mass is 10.1. The second-order valence-corrected chi connectivity index (χ2v) is 10.5. The van der Waals surface area contributed by atoms with Crippen molar-refractivity contribution in [3.63, 3.8) is 0 Å². The van der Waals surface area contributed by atoms with Crippen LogP contribution in [0.5, 0.6) is 0 Å². The third-order valence-electron chi connectivity index (χ3n) is 8.30. The van der Waals surface area contributed by atoms with Gasteiger partial charge in [-0.15, -0.1) is 17.0 Å². The Labute approximate surface area is 257 Å². The van der Waals surface area contributed by atoms with Gasteiger partial charge in [0.05, 0.1) is 23.9 Å². The first kappa shape index (κ1) is 28.6. The van der Waals surface area contributed by atoms with Crippen molar-refractivity contribution in [1.82, 2.24) is 9.80 Å². The molecule has 0 aliphatic carbocycles. The monoisotopic (exact) mass is 657 g/mol. The molecule has 7 rings (SSSR count). The number of fused-ring (bicyclic) bond motifs is 6. The topological polar surface area (TPSA) is 14.2 Å². The van der Waals surface area contributed by atoms with E-state index in [1.807, 2.05) is 0 Å². The van der Waals surface area contributed by atoms with Crippen molar-refractivity contribution in [3.05, 3.63) is 109 Å². The summed E-state index contributed by atoms with van der Waals surface area (Å²) >= 11 is 0. The minimum absolute atomic E-state index is 0. The average Bonchev–Trinajstić information content (AvgIpc) is 2.99. The first-order valence-corrected chi connectivity index (χ1v) is 13.9. The number of hydrogen-bond acceptors (Lipinski definition) is 2. The summed E-state index contributed by atoms with van der Waals surface area (Å²) in [6.45, 7) is 8.75. The lowest BCUT2D eigenvalue weighted by Gasteiger charge is -2.33. The van der Waals surface area contributed by atoms with Gasteiger partial charge in [-0.25, -0.2) is 0 Å². The molecule has 0 radical (unpaired) electrons. The number of halogens is 2. The first-order valence-electron chi connectivity index (χ1n) is 13.9. The van der Waals surface area contributed by atoms with Crippen LogP contribution in [-0.4, -0.2) is 49.1 Å². The number of piperazine rings is 1. The van der Waals surface area contributed by atoms with Crippen molar-refractivity contribution in [2.45, 2.75) is 13.1 Å². The van der Waals surface area contributed by atoms with Crippen LogP contribution in [0.25, 0.3) is 43.4 Å². The first-order chi connectivity index (χ1) is 18.8. The van der Waals surface area contributed by atoms with E-state index in [1.54, 1.807) is 0 Å². The molecule has 0 amide bonds. The predicted molar refractivity (Wildman–Crippen MR) is 166 cm³/mol. The highest BCUT2D eigenvalue weighted by molar-refractivity contribution is 8.93. The van der Waals surface area contributed by atoms with E-state index in [0.29, 0.717) is 0 Å². The lowest BCUT2D eigenvalue weighted by molar-refractivity contribution is -0.670. The Hall–Kier alpha value is -2.90. The molecule has 1 aliphatic heterocycles. The van der Waals surface area contributed by atoms with E-state index < -0.39 is 0 Å². The highest BCUT2D eigenvalue weighted by atomic mass is 79.9. The van der Waals surface area contributed by atoms with Crippen molar-refractivity contribution in [2.75, 3.05) is 39.3 Å². The highest BCUT2D eigenvalue weighted by Crippen LogP contribution is 2.23. The number of aromatic nitrogens is 2. The van der Waals surface area contributed by atoms with E-state index >= 15 is 0 Å². The molecule has 2 aromatic heterocycles. The molecule has 1 fully saturated rings. The van der Waals surface area contributed by atoms with Crippen molar-refractivity contribution in [1.29, 1.82) is 0 Å². The molecule has 0 N–H and O–H groups in total. The van der Waals surface area contributed by atoms with E-state index in [2.05, 4.69) is 128 Å². The largest absolute Gasteiger partial charge is 1.00 e. The maximum atomic E-state index is 2.63. The molecule has 0 unspecified atom stereocenters. The maximum absolute atomic E-state index is 2.63. The van der Waals surface area contributed by atoms with Crippen LogP contribution in [0.3, 0.4) is 0 Å². The van der Waals surface area contributed by atoms with Gasteiger partial charge in [-0.2, -0.15) is 9.13 Å². The second-order valence-electron chi connectivity index (χ2n) is 10.5. The Bertz CT molecular complexity index is 1630. The number of nitrogens with zero attached hydrogens (tertiary/aromatic N) is 4. The number of rotatable bonds is 6. The van der Waals surface area contributed by atoms with E-state index in [9.17, 15) is 0 Å². The smallest absolute Gasteiger partial charge is 0.213 e. The molecule has 1 saturated heterocycles. The Balaban J connectivity index is 0.00000161. The zero-order valence-corrected chi connectivity index (χ0v) is 25.9. The summed E-state index contributed by atoms with van der Waals surface area (Å²) in [6, 6.07) is 35.1. The minimum Gasteiger partial charge on any atom is -1.00 e. The molecule has 6 heteroatoms. The van der Waals surface area contributed by atoms with Crippen LogP contribution in [0.1, 0.15) is 0 Å². The number of pyridine rings is 2. The van der Waals surface area contributed by atoms with Gasteiger partial charge in [-0.1, -0.05) is 60.7 Å². The van der Waals surface area contributed by atoms with Crippen molar-refractivity contribution < 1.29 is 26.1 Å². The van der Waals surface area contributed by atoms with Crippen molar-refractivity contribution in [3.8, 4) is 0 Å². The molecule has 6 aromatic rings. The van der Waals surface area contributed by atoms with Gasteiger partial charge < -0.3 is 17.0 Å². The SMILES string of the molecule is Br.[Br-].c1ccc2c(c1)c[n+](CCN1CCN(CC[n+]3cc4ccccc4c4ccccc43)CC1)c1ccccc21. The summed E-state index contributed by atoms with van der Waals surface area (Å²) in [4.78, 5) is 5.26. The fourth-order valence-corrected chi connectivity index (χ4v) is 6.19. The van der Waals surface area contributed by atoms with Crippen LogP contribution in [0.4, 0.5) is 0 Å². The molecule has 4 nitrogen and oxygen atoms in total. The van der Waals surface area contributed by atoms with Crippen LogP contribution in [0.2, 0.25) is 0 Å². The average molecular weight is 659 g/mol. The van der Waals surface area contributed by atoms with Crippen LogP contribution < -0.4 is 26.1 Å². The van der Waals surface area contributed by atoms with Crippen LogP contribution in [-0.2, 0) is 13.1 Å². The zero-order valence-electron chi connectivity index (χ0n) is 22.6. The predicted octanol–water partition coefficient (Wildman–Crippen LogP) is 2.77. The van der Waals surface area contributed by atoms with Gasteiger partial charge in [0.2, 0.25) is 11.0 Å². The molecule has 1 aliphatic rings. The second kappa shape index (κ2) is 12.7. The Morgan fingerprint density at radius 1 is 0.475 bits per heavy atom. The van der Waals surface area contributed by atoms with Gasteiger partial charge >= 0.3 is 0 Å². The molecule has 0 atom stereocenters. The lowest BCUT2D eigenvalue weighted by Crippen LogP contribution is -3.00. The van der Waals surface area contributed by atoms with Gasteiger partial charge in [-0.05, 0) is 24.3 Å². The normalized spacial score (nSPS) is 14.4. The number of hydrogen-bond donors (Lipinski definition) is 0. The number of benzene rings is 4. The van der Waals surface area contributed by atoms with E-state index in [4.69, 9.17) is 0 Å². The van der Waals surface area contributed by atoms with Gasteiger partial charge in [-0.3, -0.25) is 9.80 Å². The number of para-hydroxylation sites is 2. The van der Waals surface area contributed by atoms with Gasteiger partial charge in [0, 0.05) is 59.9 Å². The molecule has 4 aromatic carbocycles. The van der Waals surface area contributed by atoms with Crippen LogP contribution in [0.15, 0.2) is 109 Å². The molecule has 0 bridgehead atoms. The summed E-state index contributed by atoms with van der Waals surface area (Å²) in [5, 5.41) is 7.99. The van der Waals surface area contributed by atoms with Crippen LogP contribution >= 0.6 is 17.0 Å². The third kappa shape index (κ3) is 5.64. The third-order valence-corrected chi connectivity index (χ3v) is 8.30. The van der Waals surface area contributed by atoms with E-state index in [-0.39, 0.29) is 34.0 Å². The Morgan fingerprint density at radius 2 is 0.825 bits per heavy atom. The maximum Gasteiger partial charge on any atom is 0.213 e. The van der Waals surface area contributed by atoms with Gasteiger partial charge in [0.25, 0.3) is 0 Å². The molecule has 0 saturated carbocycles. The highest BCUT2D eigenvalue weighted by Gasteiger charge is 2.21.